The number of rotatable bonds is 3. The van der Waals surface area contributed by atoms with Gasteiger partial charge in [0.15, 0.2) is 0 Å². The van der Waals surface area contributed by atoms with Crippen LogP contribution in [0, 0.1) is 110 Å². The van der Waals surface area contributed by atoms with Gasteiger partial charge in [-0.1, -0.05) is 148 Å². The molecule has 0 radical (unpaired) electrons. The number of benzene rings is 3. The first-order chi connectivity index (χ1) is 15.7. The van der Waals surface area contributed by atoms with Gasteiger partial charge in [-0.3, -0.25) is 0 Å². The van der Waals surface area contributed by atoms with Crippen molar-refractivity contribution < 1.29 is 32.7 Å². The minimum atomic E-state index is 0. The second-order valence-electron chi connectivity index (χ2n) is 10.9. The Morgan fingerprint density at radius 2 is 0.343 bits per heavy atom. The molecule has 0 saturated heterocycles. The Kier molecular flexibility index (Phi) is 9.00. The maximum Gasteiger partial charge on any atom is 3.00 e. The van der Waals surface area contributed by atoms with Crippen molar-refractivity contribution >= 4 is 0 Å². The standard InChI is InChI=1S/C34H45.Y/c1-16-19(4)25(10)31(26(11)20(16)5)34(32-27(12)21(6)17(2)22(7)28(32)13)33-29(14)23(8)18(3)24(9)30(33)15;/h1-15H3;/q-1;+3. The molecule has 0 aliphatic rings. The SMILES string of the molecule is Cc1c(C)c(C)c([C-](c2c(C)c(C)c(C)c(C)c2C)c2c(C)c(C)c(C)c(C)c2C)c(C)c1C.[Y+3]. The molecule has 0 fully saturated rings. The summed E-state index contributed by atoms with van der Waals surface area (Å²) in [4.78, 5) is 0. The number of hydrogen-bond acceptors (Lipinski definition) is 0. The third-order valence-corrected chi connectivity index (χ3v) is 9.75. The summed E-state index contributed by atoms with van der Waals surface area (Å²) >= 11 is 0. The summed E-state index contributed by atoms with van der Waals surface area (Å²) in [6, 6.07) is 0. The fourth-order valence-electron chi connectivity index (χ4n) is 6.00. The Labute approximate surface area is 241 Å². The van der Waals surface area contributed by atoms with Crippen LogP contribution in [0.15, 0.2) is 0 Å². The van der Waals surface area contributed by atoms with Gasteiger partial charge in [-0.05, 0) is 62.3 Å². The normalized spacial score (nSPS) is 11.1. The van der Waals surface area contributed by atoms with E-state index in [1.165, 1.54) is 106 Å². The monoisotopic (exact) mass is 542 g/mol. The van der Waals surface area contributed by atoms with Crippen molar-refractivity contribution in [3.05, 3.63) is 106 Å². The summed E-state index contributed by atoms with van der Waals surface area (Å²) in [6.07, 6.45) is 0. The van der Waals surface area contributed by atoms with E-state index in [0.717, 1.165) is 0 Å². The van der Waals surface area contributed by atoms with Crippen LogP contribution in [-0.2, 0) is 32.7 Å². The maximum absolute atomic E-state index is 2.33. The fraction of sp³-hybridized carbons (Fsp3) is 0.441. The molecule has 0 saturated carbocycles. The zero-order valence-corrected chi connectivity index (χ0v) is 27.9. The average Bonchev–Trinajstić information content (AvgIpc) is 2.81. The summed E-state index contributed by atoms with van der Waals surface area (Å²) < 4.78 is 0. The molecule has 0 amide bonds. The van der Waals surface area contributed by atoms with Crippen molar-refractivity contribution in [3.63, 3.8) is 0 Å². The topological polar surface area (TPSA) is 0 Å². The van der Waals surface area contributed by atoms with E-state index in [4.69, 9.17) is 0 Å². The van der Waals surface area contributed by atoms with Crippen LogP contribution in [0.4, 0.5) is 0 Å². The van der Waals surface area contributed by atoms with Gasteiger partial charge in [-0.25, -0.2) is 0 Å². The number of hydrogen-bond donors (Lipinski definition) is 0. The van der Waals surface area contributed by atoms with E-state index in [1.54, 1.807) is 0 Å². The van der Waals surface area contributed by atoms with Gasteiger partial charge < -0.3 is 0 Å². The second-order valence-corrected chi connectivity index (χ2v) is 10.9. The smallest absolute Gasteiger partial charge is 0.0850 e. The van der Waals surface area contributed by atoms with Crippen molar-refractivity contribution in [2.75, 3.05) is 0 Å². The van der Waals surface area contributed by atoms with Crippen LogP contribution in [0.2, 0.25) is 0 Å². The summed E-state index contributed by atoms with van der Waals surface area (Å²) in [7, 11) is 0. The molecule has 182 valence electrons. The first-order valence-corrected chi connectivity index (χ1v) is 12.8. The third kappa shape index (κ3) is 4.48. The summed E-state index contributed by atoms with van der Waals surface area (Å²) in [5, 5.41) is 0. The van der Waals surface area contributed by atoms with Crippen LogP contribution in [0.5, 0.6) is 0 Å². The predicted octanol–water partition coefficient (Wildman–Crippen LogP) is 9.33. The molecule has 1 heteroatoms. The van der Waals surface area contributed by atoms with Gasteiger partial charge in [0, 0.05) is 0 Å². The molecule has 3 rings (SSSR count). The molecule has 0 spiro atoms. The Morgan fingerprint density at radius 1 is 0.229 bits per heavy atom. The van der Waals surface area contributed by atoms with Crippen molar-refractivity contribution in [1.29, 1.82) is 0 Å². The third-order valence-electron chi connectivity index (χ3n) is 9.75. The molecule has 0 aromatic heterocycles. The Balaban J connectivity index is 0.00000432. The zero-order chi connectivity index (χ0) is 26.0. The molecular weight excluding hydrogens is 497 g/mol. The van der Waals surface area contributed by atoms with E-state index in [2.05, 4.69) is 104 Å². The largest absolute Gasteiger partial charge is 3.00 e. The summed E-state index contributed by atoms with van der Waals surface area (Å²) in [6.45, 7) is 34.6. The Bertz CT molecular complexity index is 1080. The van der Waals surface area contributed by atoms with E-state index in [1.807, 2.05) is 0 Å². The molecule has 0 nitrogen and oxygen atoms in total. The Hall–Kier alpha value is -1.37. The molecule has 0 unspecified atom stereocenters. The van der Waals surface area contributed by atoms with E-state index < -0.39 is 0 Å². The molecule has 0 heterocycles. The fourth-order valence-corrected chi connectivity index (χ4v) is 6.00. The first kappa shape index (κ1) is 29.9. The van der Waals surface area contributed by atoms with E-state index in [-0.39, 0.29) is 32.7 Å². The van der Waals surface area contributed by atoms with Crippen LogP contribution in [0.3, 0.4) is 0 Å². The van der Waals surface area contributed by atoms with Crippen LogP contribution in [0.25, 0.3) is 0 Å². The molecule has 3 aromatic rings. The van der Waals surface area contributed by atoms with Crippen molar-refractivity contribution in [2.45, 2.75) is 104 Å². The first-order valence-electron chi connectivity index (χ1n) is 12.8. The molecule has 0 bridgehead atoms. The quantitative estimate of drug-likeness (QED) is 0.229. The van der Waals surface area contributed by atoms with Gasteiger partial charge >= 0.3 is 32.7 Å². The van der Waals surface area contributed by atoms with E-state index >= 15 is 0 Å². The minimum absolute atomic E-state index is 0. The summed E-state index contributed by atoms with van der Waals surface area (Å²) in [5.74, 6) is 1.43. The maximum atomic E-state index is 2.33. The molecule has 3 aromatic carbocycles. The van der Waals surface area contributed by atoms with Gasteiger partial charge in [0.05, 0.1) is 0 Å². The van der Waals surface area contributed by atoms with Gasteiger partial charge in [0.25, 0.3) is 0 Å². The van der Waals surface area contributed by atoms with Gasteiger partial charge in [0.1, 0.15) is 0 Å². The predicted molar refractivity (Wildman–Crippen MR) is 151 cm³/mol. The van der Waals surface area contributed by atoms with E-state index in [9.17, 15) is 0 Å². The Morgan fingerprint density at radius 3 is 0.486 bits per heavy atom. The molecule has 0 N–H and O–H groups in total. The van der Waals surface area contributed by atoms with Crippen molar-refractivity contribution in [1.82, 2.24) is 0 Å². The molecular formula is C34H45Y+2. The molecule has 0 aliphatic heterocycles. The molecule has 0 aliphatic carbocycles. The van der Waals surface area contributed by atoms with Gasteiger partial charge in [-0.15, -0.1) is 0 Å². The van der Waals surface area contributed by atoms with Crippen LogP contribution >= 0.6 is 0 Å². The average molecular weight is 543 g/mol. The van der Waals surface area contributed by atoms with E-state index in [0.29, 0.717) is 0 Å². The summed E-state index contributed by atoms with van der Waals surface area (Å²) in [5.41, 5.74) is 25.6. The van der Waals surface area contributed by atoms with Crippen molar-refractivity contribution in [3.8, 4) is 0 Å². The minimum Gasteiger partial charge on any atom is -0.0850 e. The second kappa shape index (κ2) is 10.6. The molecule has 0 atom stereocenters. The van der Waals surface area contributed by atoms with Crippen LogP contribution in [-0.4, -0.2) is 0 Å². The van der Waals surface area contributed by atoms with Crippen LogP contribution in [0.1, 0.15) is 100 Å². The van der Waals surface area contributed by atoms with Gasteiger partial charge in [0.2, 0.25) is 0 Å². The van der Waals surface area contributed by atoms with Crippen LogP contribution < -0.4 is 0 Å². The van der Waals surface area contributed by atoms with Crippen molar-refractivity contribution in [2.24, 2.45) is 0 Å². The zero-order valence-electron chi connectivity index (χ0n) is 25.1. The van der Waals surface area contributed by atoms with Gasteiger partial charge in [-0.2, -0.15) is 0 Å². The molecule has 35 heavy (non-hydrogen) atoms.